The SMILES string of the molecule is CCC(Br)Cc1cc(C)nc(C(C)C)n1. The molecule has 0 N–H and O–H groups in total. The maximum absolute atomic E-state index is 4.58. The van der Waals surface area contributed by atoms with Crippen LogP contribution in [0, 0.1) is 6.92 Å². The van der Waals surface area contributed by atoms with Crippen LogP contribution in [0.1, 0.15) is 50.3 Å². The molecule has 0 aliphatic rings. The zero-order valence-electron chi connectivity index (χ0n) is 9.92. The summed E-state index contributed by atoms with van der Waals surface area (Å²) in [6.45, 7) is 8.47. The summed E-state index contributed by atoms with van der Waals surface area (Å²) in [5.41, 5.74) is 2.22. The molecule has 15 heavy (non-hydrogen) atoms. The Morgan fingerprint density at radius 3 is 2.53 bits per heavy atom. The molecule has 2 nitrogen and oxygen atoms in total. The number of aryl methyl sites for hydroxylation is 1. The van der Waals surface area contributed by atoms with Crippen molar-refractivity contribution < 1.29 is 0 Å². The Bertz CT molecular complexity index is 323. The van der Waals surface area contributed by atoms with Gasteiger partial charge >= 0.3 is 0 Å². The van der Waals surface area contributed by atoms with Crippen molar-refractivity contribution in [2.45, 2.75) is 51.3 Å². The first-order chi connectivity index (χ1) is 7.02. The molecule has 0 aliphatic heterocycles. The van der Waals surface area contributed by atoms with Crippen LogP contribution >= 0.6 is 15.9 Å². The molecule has 1 heterocycles. The molecule has 1 atom stereocenters. The quantitative estimate of drug-likeness (QED) is 0.781. The number of halogens is 1. The summed E-state index contributed by atoms with van der Waals surface area (Å²) in [5, 5.41) is 0. The summed E-state index contributed by atoms with van der Waals surface area (Å²) in [6.07, 6.45) is 2.11. The fraction of sp³-hybridized carbons (Fsp3) is 0.667. The van der Waals surface area contributed by atoms with E-state index in [9.17, 15) is 0 Å². The van der Waals surface area contributed by atoms with Crippen molar-refractivity contribution in [3.05, 3.63) is 23.3 Å². The van der Waals surface area contributed by atoms with E-state index in [4.69, 9.17) is 0 Å². The minimum Gasteiger partial charge on any atom is -0.238 e. The van der Waals surface area contributed by atoms with E-state index >= 15 is 0 Å². The van der Waals surface area contributed by atoms with E-state index in [1.54, 1.807) is 0 Å². The molecule has 0 radical (unpaired) electrons. The van der Waals surface area contributed by atoms with E-state index in [1.165, 1.54) is 0 Å². The van der Waals surface area contributed by atoms with Gasteiger partial charge in [0.2, 0.25) is 0 Å². The van der Waals surface area contributed by atoms with Gasteiger partial charge in [-0.05, 0) is 19.4 Å². The summed E-state index contributed by atoms with van der Waals surface area (Å²) < 4.78 is 0. The summed E-state index contributed by atoms with van der Waals surface area (Å²) in [7, 11) is 0. The molecule has 1 unspecified atom stereocenters. The molecular formula is C12H19BrN2. The van der Waals surface area contributed by atoms with E-state index in [2.05, 4.69) is 52.7 Å². The monoisotopic (exact) mass is 270 g/mol. The lowest BCUT2D eigenvalue weighted by Gasteiger charge is -2.10. The second-order valence-electron chi connectivity index (χ2n) is 4.22. The smallest absolute Gasteiger partial charge is 0.131 e. The number of alkyl halides is 1. The average Bonchev–Trinajstić information content (AvgIpc) is 2.16. The van der Waals surface area contributed by atoms with Gasteiger partial charge in [-0.15, -0.1) is 0 Å². The summed E-state index contributed by atoms with van der Waals surface area (Å²) >= 11 is 3.64. The van der Waals surface area contributed by atoms with Gasteiger partial charge in [-0.25, -0.2) is 9.97 Å². The second kappa shape index (κ2) is 5.59. The van der Waals surface area contributed by atoms with Crippen LogP contribution in [0.2, 0.25) is 0 Å². The predicted molar refractivity (Wildman–Crippen MR) is 67.6 cm³/mol. The topological polar surface area (TPSA) is 25.8 Å². The number of hydrogen-bond donors (Lipinski definition) is 0. The Labute approximate surface area is 101 Å². The first-order valence-electron chi connectivity index (χ1n) is 5.51. The highest BCUT2D eigenvalue weighted by Crippen LogP contribution is 2.15. The molecule has 1 rings (SSSR count). The maximum Gasteiger partial charge on any atom is 0.131 e. The molecule has 1 aromatic heterocycles. The zero-order valence-corrected chi connectivity index (χ0v) is 11.5. The van der Waals surface area contributed by atoms with Crippen LogP contribution in [0.5, 0.6) is 0 Å². The lowest BCUT2D eigenvalue weighted by Crippen LogP contribution is -2.07. The van der Waals surface area contributed by atoms with Crippen molar-refractivity contribution in [2.24, 2.45) is 0 Å². The lowest BCUT2D eigenvalue weighted by molar-refractivity contribution is 0.731. The van der Waals surface area contributed by atoms with Crippen molar-refractivity contribution in [1.82, 2.24) is 9.97 Å². The van der Waals surface area contributed by atoms with Crippen molar-refractivity contribution in [3.8, 4) is 0 Å². The Morgan fingerprint density at radius 1 is 1.33 bits per heavy atom. The Morgan fingerprint density at radius 2 is 2.00 bits per heavy atom. The Balaban J connectivity index is 2.88. The van der Waals surface area contributed by atoms with Gasteiger partial charge in [0.25, 0.3) is 0 Å². The van der Waals surface area contributed by atoms with Crippen LogP contribution in [-0.2, 0) is 6.42 Å². The Hall–Kier alpha value is -0.440. The van der Waals surface area contributed by atoms with Gasteiger partial charge in [-0.3, -0.25) is 0 Å². The maximum atomic E-state index is 4.58. The fourth-order valence-electron chi connectivity index (χ4n) is 1.39. The molecule has 0 saturated heterocycles. The van der Waals surface area contributed by atoms with Gasteiger partial charge in [0.1, 0.15) is 5.82 Å². The molecule has 3 heteroatoms. The molecular weight excluding hydrogens is 252 g/mol. The lowest BCUT2D eigenvalue weighted by atomic mass is 10.1. The first-order valence-corrected chi connectivity index (χ1v) is 6.43. The van der Waals surface area contributed by atoms with Gasteiger partial charge in [0.15, 0.2) is 0 Å². The molecule has 0 spiro atoms. The first kappa shape index (κ1) is 12.6. The van der Waals surface area contributed by atoms with Crippen LogP contribution in [0.25, 0.3) is 0 Å². The minimum absolute atomic E-state index is 0.402. The summed E-state index contributed by atoms with van der Waals surface area (Å²) in [4.78, 5) is 9.54. The van der Waals surface area contributed by atoms with Gasteiger partial charge in [0, 0.05) is 28.6 Å². The van der Waals surface area contributed by atoms with E-state index in [1.807, 2.05) is 6.92 Å². The van der Waals surface area contributed by atoms with Crippen LogP contribution in [-0.4, -0.2) is 14.8 Å². The van der Waals surface area contributed by atoms with Crippen LogP contribution in [0.15, 0.2) is 6.07 Å². The minimum atomic E-state index is 0.402. The highest BCUT2D eigenvalue weighted by molar-refractivity contribution is 9.09. The third kappa shape index (κ3) is 3.90. The number of aromatic nitrogens is 2. The molecule has 0 amide bonds. The van der Waals surface area contributed by atoms with Gasteiger partial charge in [0.05, 0.1) is 0 Å². The second-order valence-corrected chi connectivity index (χ2v) is 5.52. The van der Waals surface area contributed by atoms with Crippen molar-refractivity contribution >= 4 is 15.9 Å². The molecule has 84 valence electrons. The molecule has 0 fully saturated rings. The summed E-state index contributed by atoms with van der Waals surface area (Å²) in [5.74, 6) is 1.36. The van der Waals surface area contributed by atoms with Crippen LogP contribution < -0.4 is 0 Å². The third-order valence-electron chi connectivity index (χ3n) is 2.31. The number of rotatable bonds is 4. The van der Waals surface area contributed by atoms with E-state index in [-0.39, 0.29) is 0 Å². The molecule has 0 bridgehead atoms. The molecule has 1 aromatic rings. The fourth-order valence-corrected chi connectivity index (χ4v) is 1.72. The van der Waals surface area contributed by atoms with Crippen molar-refractivity contribution in [2.75, 3.05) is 0 Å². The van der Waals surface area contributed by atoms with Gasteiger partial charge in [-0.1, -0.05) is 36.7 Å². The zero-order chi connectivity index (χ0) is 11.4. The van der Waals surface area contributed by atoms with E-state index in [0.717, 1.165) is 30.1 Å². The third-order valence-corrected chi connectivity index (χ3v) is 3.29. The largest absolute Gasteiger partial charge is 0.238 e. The van der Waals surface area contributed by atoms with Crippen LogP contribution in [0.3, 0.4) is 0 Å². The van der Waals surface area contributed by atoms with Crippen molar-refractivity contribution in [3.63, 3.8) is 0 Å². The number of hydrogen-bond acceptors (Lipinski definition) is 2. The Kier molecular flexibility index (Phi) is 4.71. The average molecular weight is 271 g/mol. The molecule has 0 saturated carbocycles. The van der Waals surface area contributed by atoms with Crippen LogP contribution in [0.4, 0.5) is 0 Å². The van der Waals surface area contributed by atoms with E-state index < -0.39 is 0 Å². The predicted octanol–water partition coefficient (Wildman–Crippen LogP) is 3.62. The highest BCUT2D eigenvalue weighted by Gasteiger charge is 2.09. The van der Waals surface area contributed by atoms with Gasteiger partial charge in [-0.2, -0.15) is 0 Å². The van der Waals surface area contributed by atoms with E-state index in [0.29, 0.717) is 10.7 Å². The van der Waals surface area contributed by atoms with Crippen molar-refractivity contribution in [1.29, 1.82) is 0 Å². The highest BCUT2D eigenvalue weighted by atomic mass is 79.9. The number of nitrogens with zero attached hydrogens (tertiary/aromatic N) is 2. The molecule has 0 aliphatic carbocycles. The summed E-state index contributed by atoms with van der Waals surface area (Å²) in [6, 6.07) is 2.08. The molecule has 0 aromatic carbocycles. The standard InChI is InChI=1S/C12H19BrN2/c1-5-10(13)7-11-6-9(4)14-12(15-11)8(2)3/h6,8,10H,5,7H2,1-4H3. The van der Waals surface area contributed by atoms with Gasteiger partial charge < -0.3 is 0 Å². The normalized spacial score (nSPS) is 13.2.